The van der Waals surface area contributed by atoms with Crippen LogP contribution in [-0.2, 0) is 60.9 Å². The van der Waals surface area contributed by atoms with Gasteiger partial charge in [-0.15, -0.1) is 10.2 Å². The summed E-state index contributed by atoms with van der Waals surface area (Å²) in [6, 6.07) is 47.4. The summed E-state index contributed by atoms with van der Waals surface area (Å²) in [7, 11) is 5.40. The summed E-state index contributed by atoms with van der Waals surface area (Å²) < 4.78 is 17.8. The molecule has 5 aromatic carbocycles. The number of para-hydroxylation sites is 1. The normalized spacial score (nSPS) is 13.9. The van der Waals surface area contributed by atoms with Crippen LogP contribution in [0.25, 0.3) is 11.1 Å². The van der Waals surface area contributed by atoms with E-state index in [1.165, 1.54) is 44.2 Å². The predicted molar refractivity (Wildman–Crippen MR) is 436 cm³/mol. The summed E-state index contributed by atoms with van der Waals surface area (Å²) >= 11 is 0. The molecule has 2 amide bonds. The summed E-state index contributed by atoms with van der Waals surface area (Å²) in [6.45, 7) is 34.5. The fourth-order valence-corrected chi connectivity index (χ4v) is 14.4. The first-order valence-corrected chi connectivity index (χ1v) is 39.6. The van der Waals surface area contributed by atoms with Gasteiger partial charge in [0, 0.05) is 50.0 Å². The molecule has 0 bridgehead atoms. The molecule has 0 fully saturated rings. The maximum Gasteiger partial charge on any atom is 1.00 e. The Labute approximate surface area is 673 Å². The van der Waals surface area contributed by atoms with Gasteiger partial charge in [0.25, 0.3) is 0 Å². The smallest absolute Gasteiger partial charge is 0.870 e. The number of benzene rings is 5. The van der Waals surface area contributed by atoms with Crippen molar-refractivity contribution in [3.63, 3.8) is 0 Å². The third-order valence-electron chi connectivity index (χ3n) is 18.1. The molecule has 8 N–H and O–H groups in total. The van der Waals surface area contributed by atoms with Crippen LogP contribution >= 0.6 is 7.92 Å². The van der Waals surface area contributed by atoms with Gasteiger partial charge in [0.15, 0.2) is 11.6 Å². The number of esters is 3. The third-order valence-corrected chi connectivity index (χ3v) is 20.5. The van der Waals surface area contributed by atoms with Gasteiger partial charge >= 0.3 is 48.7 Å². The third kappa shape index (κ3) is 34.5. The Morgan fingerprint density at radius 3 is 1.22 bits per heavy atom. The molecule has 1 aliphatic rings. The Bertz CT molecular complexity index is 3610. The zero-order chi connectivity index (χ0) is 81.9. The molecule has 0 saturated heterocycles. The fraction of sp³-hybridized carbons (Fsp3) is 0.536. The Kier molecular flexibility index (Phi) is 51.5. The van der Waals surface area contributed by atoms with Crippen molar-refractivity contribution in [3.05, 3.63) is 157 Å². The SMILES string of the molecule is CCCN.CCCNC(=O)[C@H](C)[C@@H](CC(C)C)C(=O)OC.CCCn1nnnc1[C@H](C)[C@@H](CC(C)C)C(=O)O.CCCn1nnnc1[C@H](C)[C@@H](CC(C)C)C(=O)OC.CN1C(=O)[C@@H](N)c2ccccc2-c2ccccc21.COC(=O)[C@H](CC(C)C)[C@@H](C)C(=O)O.[Li+].[OH-].c1ccc(P(c2ccccc2)c2ccccc2)cc1. The molecule has 608 valence electrons. The second-order valence-corrected chi connectivity index (χ2v) is 31.0. The van der Waals surface area contributed by atoms with Gasteiger partial charge in [-0.2, -0.15) is 0 Å². The number of carbonyl (C=O) groups excluding carboxylic acids is 5. The number of nitrogens with one attached hydrogen (secondary N) is 1. The molecule has 7 aromatic rings. The van der Waals surface area contributed by atoms with E-state index in [-0.39, 0.29) is 83.6 Å². The minimum atomic E-state index is -0.957. The van der Waals surface area contributed by atoms with Crippen molar-refractivity contribution in [1.82, 2.24) is 45.7 Å². The number of methoxy groups -OCH3 is 3. The molecule has 0 aliphatic carbocycles. The quantitative estimate of drug-likeness (QED) is 0.0121. The van der Waals surface area contributed by atoms with Gasteiger partial charge in [0.1, 0.15) is 6.04 Å². The molecule has 25 nitrogen and oxygen atoms in total. The van der Waals surface area contributed by atoms with Crippen LogP contribution < -0.4 is 56.5 Å². The summed E-state index contributed by atoms with van der Waals surface area (Å²) in [5.74, 6) is -2.75. The predicted octanol–water partition coefficient (Wildman–Crippen LogP) is 10.4. The number of rotatable bonds is 30. The number of hydrogen-bond donors (Lipinski definition) is 5. The monoisotopic (exact) mass is 1550 g/mol. The van der Waals surface area contributed by atoms with Crippen LogP contribution in [0.3, 0.4) is 0 Å². The second kappa shape index (κ2) is 55.8. The number of likely N-dealkylation sites (N-methyl/N-ethyl adjacent to an activating group) is 1. The number of aryl methyl sites for hydroxylation is 2. The Morgan fingerprint density at radius 1 is 0.495 bits per heavy atom. The Hall–Kier alpha value is -8.56. The van der Waals surface area contributed by atoms with Gasteiger partial charge in [-0.25, -0.2) is 9.36 Å². The molecule has 0 spiro atoms. The van der Waals surface area contributed by atoms with Gasteiger partial charge in [0.05, 0.1) is 56.6 Å². The van der Waals surface area contributed by atoms with E-state index in [4.69, 9.17) is 26.0 Å². The van der Waals surface area contributed by atoms with Crippen molar-refractivity contribution < 1.29 is 82.3 Å². The topological polar surface area (TPSA) is 372 Å². The molecule has 9 atom stereocenters. The summed E-state index contributed by atoms with van der Waals surface area (Å²) in [4.78, 5) is 82.8. The molecular weight excluding hydrogens is 1420 g/mol. The van der Waals surface area contributed by atoms with E-state index in [9.17, 15) is 38.7 Å². The van der Waals surface area contributed by atoms with E-state index in [0.29, 0.717) is 49.4 Å². The van der Waals surface area contributed by atoms with Crippen LogP contribution in [0.1, 0.15) is 197 Å². The number of amides is 2. The number of tetrazole rings is 2. The minimum absolute atomic E-state index is 0. The molecule has 8 rings (SSSR count). The van der Waals surface area contributed by atoms with Crippen molar-refractivity contribution in [2.24, 2.45) is 70.6 Å². The van der Waals surface area contributed by atoms with Gasteiger partial charge < -0.3 is 51.6 Å². The van der Waals surface area contributed by atoms with Crippen LogP contribution in [0.4, 0.5) is 5.69 Å². The Morgan fingerprint density at radius 2 is 0.847 bits per heavy atom. The van der Waals surface area contributed by atoms with Crippen molar-refractivity contribution in [2.75, 3.05) is 46.4 Å². The molecule has 111 heavy (non-hydrogen) atoms. The zero-order valence-corrected chi connectivity index (χ0v) is 70.7. The van der Waals surface area contributed by atoms with E-state index in [0.717, 1.165) is 79.9 Å². The van der Waals surface area contributed by atoms with Crippen molar-refractivity contribution in [3.8, 4) is 11.1 Å². The summed E-state index contributed by atoms with van der Waals surface area (Å²) in [5, 5.41) is 48.5. The van der Waals surface area contributed by atoms with Gasteiger partial charge in [-0.1, -0.05) is 244 Å². The van der Waals surface area contributed by atoms with E-state index >= 15 is 0 Å². The first-order valence-electron chi connectivity index (χ1n) is 38.2. The number of nitrogens with two attached hydrogens (primary N) is 2. The number of ether oxygens (including phenoxy) is 3. The van der Waals surface area contributed by atoms with E-state index in [1.54, 1.807) is 28.2 Å². The molecular formula is C84H128LiN12O13P. The maximum atomic E-state index is 12.3. The van der Waals surface area contributed by atoms with E-state index < -0.39 is 49.6 Å². The molecule has 0 unspecified atom stereocenters. The molecule has 27 heteroatoms. The summed E-state index contributed by atoms with van der Waals surface area (Å²) in [6.07, 6.45) is 6.49. The first-order chi connectivity index (χ1) is 51.9. The van der Waals surface area contributed by atoms with Gasteiger partial charge in [-0.05, 0) is 143 Å². The van der Waals surface area contributed by atoms with Gasteiger partial charge in [-0.3, -0.25) is 33.6 Å². The van der Waals surface area contributed by atoms with Crippen molar-refractivity contribution in [2.45, 2.75) is 193 Å². The second-order valence-electron chi connectivity index (χ2n) is 28.8. The number of aromatic nitrogens is 8. The van der Waals surface area contributed by atoms with Crippen LogP contribution in [0.15, 0.2) is 140 Å². The Balaban J connectivity index is 0.00000129. The van der Waals surface area contributed by atoms with Crippen LogP contribution in [0, 0.1) is 59.2 Å². The largest absolute Gasteiger partial charge is 1.00 e. The van der Waals surface area contributed by atoms with Crippen molar-refractivity contribution in [1.29, 1.82) is 0 Å². The number of carboxylic acid groups (broad SMARTS) is 2. The van der Waals surface area contributed by atoms with E-state index in [1.807, 2.05) is 118 Å². The molecule has 0 radical (unpaired) electrons. The van der Waals surface area contributed by atoms with Gasteiger partial charge in [0.2, 0.25) is 11.8 Å². The number of hydrogen-bond acceptors (Lipinski definition) is 19. The summed E-state index contributed by atoms with van der Waals surface area (Å²) in [5.41, 5.74) is 15.0. The fourth-order valence-electron chi connectivity index (χ4n) is 12.1. The first kappa shape index (κ1) is 102. The average molecular weight is 1550 g/mol. The number of fused-ring (bicyclic) bond motifs is 3. The number of carboxylic acids is 2. The molecule has 1 aliphatic heterocycles. The van der Waals surface area contributed by atoms with Crippen LogP contribution in [0.5, 0.6) is 0 Å². The maximum absolute atomic E-state index is 12.3. The number of carbonyl (C=O) groups is 7. The van der Waals surface area contributed by atoms with E-state index in [2.05, 4.69) is 160 Å². The number of aliphatic carboxylic acids is 2. The number of nitrogens with zero attached hydrogens (tertiary/aromatic N) is 9. The zero-order valence-electron chi connectivity index (χ0n) is 69.8. The molecule has 3 heterocycles. The molecule has 0 saturated carbocycles. The average Bonchev–Trinajstić information content (AvgIpc) is 1.65. The number of anilines is 1. The van der Waals surface area contributed by atoms with Crippen LogP contribution in [0.2, 0.25) is 0 Å². The molecule has 2 aromatic heterocycles. The van der Waals surface area contributed by atoms with Crippen LogP contribution in [-0.4, -0.2) is 139 Å². The van der Waals surface area contributed by atoms with Crippen molar-refractivity contribution >= 4 is 71.2 Å². The standard InChI is InChI=1S/C18H15P.C15H14N2O.C13H24N4O2.C13H25NO3.C12H22N4O2.C10H18O4.C3H9N.Li.H2O/c1-4-10-16(11-5-1)19(17-12-6-2-7-13-17)18-14-8-3-9-15-18;1-17-13-9-5-4-7-11(13)10-6-2-3-8-12(10)14(16)15(17)18;1-6-7-17-12(14-15-16-17)10(4)11(8-9(2)3)13(18)19-5;1-6-7-14-12(15)10(4)11(8-9(2)3)13(16)17-5;1-5-6-16-11(13-14-15-16)9(4)10(12(17)18)7-8(2)3;1-6(2)5-8(10(13)14-4)7(3)9(11)12;1-2-3-4;;/h1-15H;2-9,14H,16H2,1H3;9-11H,6-8H2,1-5H3;9-11H,6-8H2,1-5H3,(H,14,15);8-10H,5-7H2,1-4H3,(H,17,18);6-8H,5H2,1-4H3,(H,11,12);2-4H2,1H3;;1H2/q;;;;;;;+1;/p-1/t;14-;2*10-,11-;9-,10-;7-,8-;;;/m.01111.../s1. The minimum Gasteiger partial charge on any atom is -0.870 e.